The van der Waals surface area contributed by atoms with Gasteiger partial charge >= 0.3 is 0 Å². The average molecular weight is 183 g/mol. The highest BCUT2D eigenvalue weighted by Crippen LogP contribution is 2.34. The summed E-state index contributed by atoms with van der Waals surface area (Å²) in [5.41, 5.74) is 0. The summed E-state index contributed by atoms with van der Waals surface area (Å²) in [4.78, 5) is 13.8. The van der Waals surface area contributed by atoms with Gasteiger partial charge < -0.3 is 4.90 Å². The summed E-state index contributed by atoms with van der Waals surface area (Å²) < 4.78 is 0. The molecule has 0 bridgehead atoms. The van der Waals surface area contributed by atoms with Gasteiger partial charge in [0.25, 0.3) is 0 Å². The highest BCUT2D eigenvalue weighted by atomic mass is 16.2. The van der Waals surface area contributed by atoms with Gasteiger partial charge in [-0.2, -0.15) is 0 Å². The Bertz CT molecular complexity index is 173. The van der Waals surface area contributed by atoms with Crippen molar-refractivity contribution in [3.05, 3.63) is 0 Å². The van der Waals surface area contributed by atoms with Gasteiger partial charge in [-0.3, -0.25) is 4.79 Å². The molecule has 1 aliphatic rings. The molecule has 1 saturated carbocycles. The highest BCUT2D eigenvalue weighted by Gasteiger charge is 2.33. The Morgan fingerprint density at radius 2 is 2.00 bits per heavy atom. The Hall–Kier alpha value is -0.530. The minimum absolute atomic E-state index is 0.349. The van der Waals surface area contributed by atoms with Crippen LogP contribution in [0.5, 0.6) is 0 Å². The van der Waals surface area contributed by atoms with Crippen molar-refractivity contribution in [3.63, 3.8) is 0 Å². The second kappa shape index (κ2) is 4.64. The summed E-state index contributed by atoms with van der Waals surface area (Å²) in [6, 6.07) is 0. The third kappa shape index (κ3) is 2.45. The monoisotopic (exact) mass is 183 g/mol. The fourth-order valence-electron chi connectivity index (χ4n) is 2.06. The molecule has 0 N–H and O–H groups in total. The lowest BCUT2D eigenvalue weighted by Gasteiger charge is -2.35. The van der Waals surface area contributed by atoms with Crippen LogP contribution in [0.3, 0.4) is 0 Å². The molecule has 0 spiro atoms. The number of rotatable bonds is 4. The van der Waals surface area contributed by atoms with Crippen LogP contribution in [0.4, 0.5) is 0 Å². The summed E-state index contributed by atoms with van der Waals surface area (Å²) in [6.07, 6.45) is 3.29. The zero-order valence-corrected chi connectivity index (χ0v) is 9.05. The Morgan fingerprint density at radius 3 is 2.38 bits per heavy atom. The molecule has 1 rings (SSSR count). The molecule has 0 aromatic carbocycles. The standard InChI is InChI=1S/C11H21NO/c1-4-6-12(5-2)11(13)10-7-9(3)8-10/h9-10H,4-8H2,1-3H3. The van der Waals surface area contributed by atoms with Crippen LogP contribution in [0.25, 0.3) is 0 Å². The number of hydrogen-bond donors (Lipinski definition) is 0. The third-order valence-corrected chi connectivity index (χ3v) is 2.91. The van der Waals surface area contributed by atoms with E-state index in [4.69, 9.17) is 0 Å². The molecule has 0 unspecified atom stereocenters. The van der Waals surface area contributed by atoms with Crippen molar-refractivity contribution in [2.24, 2.45) is 11.8 Å². The molecular weight excluding hydrogens is 162 g/mol. The molecule has 1 fully saturated rings. The first kappa shape index (κ1) is 10.6. The predicted octanol–water partition coefficient (Wildman–Crippen LogP) is 2.29. The van der Waals surface area contributed by atoms with Crippen molar-refractivity contribution in [1.82, 2.24) is 4.90 Å². The lowest BCUT2D eigenvalue weighted by Crippen LogP contribution is -2.41. The molecular formula is C11H21NO. The van der Waals surface area contributed by atoms with Gasteiger partial charge in [-0.05, 0) is 32.1 Å². The van der Waals surface area contributed by atoms with E-state index in [2.05, 4.69) is 20.8 Å². The lowest BCUT2D eigenvalue weighted by molar-refractivity contribution is -0.139. The van der Waals surface area contributed by atoms with Crippen LogP contribution in [-0.2, 0) is 4.79 Å². The number of hydrogen-bond acceptors (Lipinski definition) is 1. The zero-order valence-electron chi connectivity index (χ0n) is 9.05. The molecule has 76 valence electrons. The molecule has 0 aromatic heterocycles. The van der Waals surface area contributed by atoms with Crippen LogP contribution in [-0.4, -0.2) is 23.9 Å². The predicted molar refractivity (Wildman–Crippen MR) is 54.4 cm³/mol. The van der Waals surface area contributed by atoms with Crippen molar-refractivity contribution in [3.8, 4) is 0 Å². The van der Waals surface area contributed by atoms with Crippen LogP contribution in [0.2, 0.25) is 0 Å². The van der Waals surface area contributed by atoms with Crippen molar-refractivity contribution >= 4 is 5.91 Å². The fraction of sp³-hybridized carbons (Fsp3) is 0.909. The van der Waals surface area contributed by atoms with Crippen molar-refractivity contribution < 1.29 is 4.79 Å². The van der Waals surface area contributed by atoms with E-state index < -0.39 is 0 Å². The first-order chi connectivity index (χ1) is 6.19. The minimum atomic E-state index is 0.349. The maximum atomic E-state index is 11.8. The van der Waals surface area contributed by atoms with Gasteiger partial charge in [-0.15, -0.1) is 0 Å². The van der Waals surface area contributed by atoms with Gasteiger partial charge in [0.1, 0.15) is 0 Å². The molecule has 0 aromatic rings. The van der Waals surface area contributed by atoms with Gasteiger partial charge in [-0.1, -0.05) is 13.8 Å². The van der Waals surface area contributed by atoms with Gasteiger partial charge in [0, 0.05) is 19.0 Å². The number of carbonyl (C=O) groups is 1. The third-order valence-electron chi connectivity index (χ3n) is 2.91. The van der Waals surface area contributed by atoms with Crippen molar-refractivity contribution in [1.29, 1.82) is 0 Å². The molecule has 0 atom stereocenters. The molecule has 0 heterocycles. The number of nitrogens with zero attached hydrogens (tertiary/aromatic N) is 1. The Kier molecular flexibility index (Phi) is 3.76. The maximum absolute atomic E-state index is 11.8. The summed E-state index contributed by atoms with van der Waals surface area (Å²) in [6.45, 7) is 8.21. The molecule has 2 nitrogen and oxygen atoms in total. The molecule has 0 saturated heterocycles. The topological polar surface area (TPSA) is 20.3 Å². The van der Waals surface area contributed by atoms with Crippen molar-refractivity contribution in [2.45, 2.75) is 40.0 Å². The van der Waals surface area contributed by atoms with E-state index in [0.717, 1.165) is 38.3 Å². The Labute approximate surface area is 81.3 Å². The quantitative estimate of drug-likeness (QED) is 0.655. The van der Waals surface area contributed by atoms with E-state index in [1.165, 1.54) is 0 Å². The highest BCUT2D eigenvalue weighted by molar-refractivity contribution is 5.79. The smallest absolute Gasteiger partial charge is 0.225 e. The van der Waals surface area contributed by atoms with E-state index >= 15 is 0 Å². The first-order valence-electron chi connectivity index (χ1n) is 5.47. The van der Waals surface area contributed by atoms with Crippen LogP contribution in [0, 0.1) is 11.8 Å². The van der Waals surface area contributed by atoms with Crippen LogP contribution in [0.1, 0.15) is 40.0 Å². The average Bonchev–Trinajstić information content (AvgIpc) is 2.08. The second-order valence-corrected chi connectivity index (χ2v) is 4.19. The molecule has 1 aliphatic carbocycles. The molecule has 13 heavy (non-hydrogen) atoms. The lowest BCUT2D eigenvalue weighted by atomic mass is 9.75. The van der Waals surface area contributed by atoms with E-state index in [1.807, 2.05) is 4.90 Å². The summed E-state index contributed by atoms with van der Waals surface area (Å²) in [7, 11) is 0. The maximum Gasteiger partial charge on any atom is 0.225 e. The summed E-state index contributed by atoms with van der Waals surface area (Å²) >= 11 is 0. The second-order valence-electron chi connectivity index (χ2n) is 4.19. The van der Waals surface area contributed by atoms with Gasteiger partial charge in [0.05, 0.1) is 0 Å². The van der Waals surface area contributed by atoms with Crippen LogP contribution >= 0.6 is 0 Å². The summed E-state index contributed by atoms with van der Waals surface area (Å²) in [5.74, 6) is 1.51. The normalized spacial score (nSPS) is 26.7. The molecule has 0 aliphatic heterocycles. The number of carbonyl (C=O) groups excluding carboxylic acids is 1. The molecule has 1 amide bonds. The largest absolute Gasteiger partial charge is 0.343 e. The van der Waals surface area contributed by atoms with Crippen molar-refractivity contribution in [2.75, 3.05) is 13.1 Å². The van der Waals surface area contributed by atoms with Gasteiger partial charge in [0.15, 0.2) is 0 Å². The van der Waals surface area contributed by atoms with E-state index in [1.54, 1.807) is 0 Å². The zero-order chi connectivity index (χ0) is 9.84. The SMILES string of the molecule is CCCN(CC)C(=O)C1CC(C)C1. The molecule has 2 heteroatoms. The molecule has 0 radical (unpaired) electrons. The van der Waals surface area contributed by atoms with E-state index in [-0.39, 0.29) is 0 Å². The van der Waals surface area contributed by atoms with E-state index in [0.29, 0.717) is 11.8 Å². The summed E-state index contributed by atoms with van der Waals surface area (Å²) in [5, 5.41) is 0. The van der Waals surface area contributed by atoms with E-state index in [9.17, 15) is 4.79 Å². The Morgan fingerprint density at radius 1 is 1.38 bits per heavy atom. The van der Waals surface area contributed by atoms with Gasteiger partial charge in [-0.25, -0.2) is 0 Å². The van der Waals surface area contributed by atoms with Crippen LogP contribution < -0.4 is 0 Å². The van der Waals surface area contributed by atoms with Gasteiger partial charge in [0.2, 0.25) is 5.91 Å². The first-order valence-corrected chi connectivity index (χ1v) is 5.47. The minimum Gasteiger partial charge on any atom is -0.343 e. The van der Waals surface area contributed by atoms with Crippen LogP contribution in [0.15, 0.2) is 0 Å². The number of amides is 1. The Balaban J connectivity index is 2.36. The fourth-order valence-corrected chi connectivity index (χ4v) is 2.06.